The van der Waals surface area contributed by atoms with Gasteiger partial charge >= 0.3 is 5.97 Å². The van der Waals surface area contributed by atoms with Gasteiger partial charge in [0.25, 0.3) is 0 Å². The maximum absolute atomic E-state index is 11.6. The van der Waals surface area contributed by atoms with Crippen molar-refractivity contribution in [2.45, 2.75) is 19.3 Å². The smallest absolute Gasteiger partial charge is 0.338 e. The Morgan fingerprint density at radius 3 is 2.83 bits per heavy atom. The van der Waals surface area contributed by atoms with Gasteiger partial charge in [-0.2, -0.15) is 5.26 Å². The van der Waals surface area contributed by atoms with Crippen molar-refractivity contribution in [3.63, 3.8) is 0 Å². The molecule has 0 aliphatic rings. The molecular formula is C13H14N2O3. The lowest BCUT2D eigenvalue weighted by atomic mass is 10.1. The second kappa shape index (κ2) is 7.07. The molecular weight excluding hydrogens is 232 g/mol. The molecule has 2 N–H and O–H groups in total. The van der Waals surface area contributed by atoms with Gasteiger partial charge in [0.1, 0.15) is 0 Å². The number of hydrogen-bond acceptors (Lipinski definition) is 4. The molecule has 0 bridgehead atoms. The van der Waals surface area contributed by atoms with E-state index in [1.54, 1.807) is 24.3 Å². The zero-order valence-electron chi connectivity index (χ0n) is 9.89. The van der Waals surface area contributed by atoms with Gasteiger partial charge in [-0.25, -0.2) is 4.79 Å². The van der Waals surface area contributed by atoms with E-state index in [4.69, 9.17) is 15.7 Å². The lowest BCUT2D eigenvalue weighted by Crippen LogP contribution is -2.13. The van der Waals surface area contributed by atoms with Gasteiger partial charge in [-0.1, -0.05) is 12.1 Å². The first-order chi connectivity index (χ1) is 8.63. The fraction of sp³-hybridized carbons (Fsp3) is 0.308. The Balaban J connectivity index is 2.48. The molecule has 0 unspecified atom stereocenters. The van der Waals surface area contributed by atoms with Gasteiger partial charge in [-0.3, -0.25) is 4.79 Å². The number of nitrogens with two attached hydrogens (primary N) is 1. The molecule has 0 spiro atoms. The minimum absolute atomic E-state index is 0.157. The van der Waals surface area contributed by atoms with Crippen molar-refractivity contribution in [1.82, 2.24) is 0 Å². The normalized spacial score (nSPS) is 9.50. The standard InChI is InChI=1S/C13H14N2O3/c14-7-6-10-3-1-4-11(9-10)13(17)18-8-2-5-12(15)16/h1,3-4,9H,2,5-6,8H2,(H2,15,16). The highest BCUT2D eigenvalue weighted by atomic mass is 16.5. The van der Waals surface area contributed by atoms with E-state index >= 15 is 0 Å². The van der Waals surface area contributed by atoms with Gasteiger partial charge in [0.05, 0.1) is 24.7 Å². The number of amides is 1. The number of benzene rings is 1. The molecule has 5 heteroatoms. The van der Waals surface area contributed by atoms with Crippen LogP contribution in [0.1, 0.15) is 28.8 Å². The molecule has 0 radical (unpaired) electrons. The summed E-state index contributed by atoms with van der Waals surface area (Å²) >= 11 is 0. The number of ether oxygens (including phenoxy) is 1. The summed E-state index contributed by atoms with van der Waals surface area (Å²) in [5, 5.41) is 8.56. The molecule has 0 fully saturated rings. The molecule has 0 aliphatic heterocycles. The second-order valence-corrected chi connectivity index (χ2v) is 3.74. The average Bonchev–Trinajstić information content (AvgIpc) is 2.35. The molecule has 0 heterocycles. The van der Waals surface area contributed by atoms with Crippen molar-refractivity contribution in [3.8, 4) is 6.07 Å². The van der Waals surface area contributed by atoms with Crippen LogP contribution < -0.4 is 5.73 Å². The van der Waals surface area contributed by atoms with Crippen LogP contribution in [-0.2, 0) is 16.0 Å². The molecule has 5 nitrogen and oxygen atoms in total. The number of hydrogen-bond donors (Lipinski definition) is 1. The van der Waals surface area contributed by atoms with Crippen LogP contribution in [0.2, 0.25) is 0 Å². The van der Waals surface area contributed by atoms with Crippen molar-refractivity contribution in [2.75, 3.05) is 6.61 Å². The van der Waals surface area contributed by atoms with Crippen molar-refractivity contribution in [3.05, 3.63) is 35.4 Å². The third-order valence-electron chi connectivity index (χ3n) is 2.25. The van der Waals surface area contributed by atoms with Crippen LogP contribution in [0.5, 0.6) is 0 Å². The van der Waals surface area contributed by atoms with Gasteiger partial charge in [-0.05, 0) is 24.1 Å². The minimum atomic E-state index is -0.459. The van der Waals surface area contributed by atoms with E-state index < -0.39 is 11.9 Å². The Morgan fingerprint density at radius 1 is 1.39 bits per heavy atom. The number of carbonyl (C=O) groups is 2. The fourth-order valence-corrected chi connectivity index (χ4v) is 1.39. The summed E-state index contributed by atoms with van der Waals surface area (Å²) in [5.74, 6) is -0.874. The number of carbonyl (C=O) groups excluding carboxylic acids is 2. The fourth-order valence-electron chi connectivity index (χ4n) is 1.39. The van der Waals surface area contributed by atoms with Gasteiger partial charge in [0, 0.05) is 6.42 Å². The quantitative estimate of drug-likeness (QED) is 0.602. The topological polar surface area (TPSA) is 93.2 Å². The Labute approximate surface area is 105 Å². The van der Waals surface area contributed by atoms with Crippen LogP contribution in [0.3, 0.4) is 0 Å². The Hall–Kier alpha value is -2.35. The molecule has 0 atom stereocenters. The molecule has 0 saturated carbocycles. The number of nitrogens with zero attached hydrogens (tertiary/aromatic N) is 1. The number of nitriles is 1. The molecule has 94 valence electrons. The summed E-state index contributed by atoms with van der Waals surface area (Å²) < 4.78 is 4.98. The van der Waals surface area contributed by atoms with Crippen LogP contribution >= 0.6 is 0 Å². The van der Waals surface area contributed by atoms with Crippen molar-refractivity contribution in [2.24, 2.45) is 5.73 Å². The molecule has 1 amide bonds. The Morgan fingerprint density at radius 2 is 2.17 bits per heavy atom. The van der Waals surface area contributed by atoms with Crippen LogP contribution in [0.15, 0.2) is 24.3 Å². The SMILES string of the molecule is N#CCc1cccc(C(=O)OCCCC(N)=O)c1. The molecule has 0 saturated heterocycles. The first-order valence-electron chi connectivity index (χ1n) is 5.55. The molecule has 18 heavy (non-hydrogen) atoms. The van der Waals surface area contributed by atoms with Crippen LogP contribution in [0.4, 0.5) is 0 Å². The highest BCUT2D eigenvalue weighted by molar-refractivity contribution is 5.89. The van der Waals surface area contributed by atoms with E-state index in [0.29, 0.717) is 12.0 Å². The predicted molar refractivity (Wildman–Crippen MR) is 64.5 cm³/mol. The van der Waals surface area contributed by atoms with Gasteiger partial charge in [0.2, 0.25) is 5.91 Å². The third-order valence-corrected chi connectivity index (χ3v) is 2.25. The minimum Gasteiger partial charge on any atom is -0.462 e. The highest BCUT2D eigenvalue weighted by Gasteiger charge is 2.07. The summed E-state index contributed by atoms with van der Waals surface area (Å²) in [7, 11) is 0. The zero-order valence-corrected chi connectivity index (χ0v) is 9.89. The maximum Gasteiger partial charge on any atom is 0.338 e. The van der Waals surface area contributed by atoms with E-state index in [1.807, 2.05) is 6.07 Å². The van der Waals surface area contributed by atoms with E-state index in [-0.39, 0.29) is 19.4 Å². The van der Waals surface area contributed by atoms with Crippen LogP contribution in [0.25, 0.3) is 0 Å². The van der Waals surface area contributed by atoms with Crippen molar-refractivity contribution < 1.29 is 14.3 Å². The first kappa shape index (κ1) is 13.7. The molecule has 0 aromatic heterocycles. The maximum atomic E-state index is 11.6. The van der Waals surface area contributed by atoms with Crippen molar-refractivity contribution in [1.29, 1.82) is 5.26 Å². The molecule has 1 aromatic carbocycles. The van der Waals surface area contributed by atoms with Crippen LogP contribution in [-0.4, -0.2) is 18.5 Å². The molecule has 1 rings (SSSR count). The number of rotatable bonds is 6. The van der Waals surface area contributed by atoms with E-state index in [0.717, 1.165) is 5.56 Å². The average molecular weight is 246 g/mol. The Bertz CT molecular complexity index is 477. The summed E-state index contributed by atoms with van der Waals surface area (Å²) in [6.45, 7) is 0.157. The van der Waals surface area contributed by atoms with E-state index in [1.165, 1.54) is 0 Å². The Kier molecular flexibility index (Phi) is 5.39. The van der Waals surface area contributed by atoms with Crippen molar-refractivity contribution >= 4 is 11.9 Å². The van der Waals surface area contributed by atoms with Gasteiger partial charge < -0.3 is 10.5 Å². The number of primary amides is 1. The lowest BCUT2D eigenvalue weighted by molar-refractivity contribution is -0.118. The van der Waals surface area contributed by atoms with E-state index in [2.05, 4.69) is 0 Å². The lowest BCUT2D eigenvalue weighted by Gasteiger charge is -2.04. The van der Waals surface area contributed by atoms with Gasteiger partial charge in [-0.15, -0.1) is 0 Å². The summed E-state index contributed by atoms with van der Waals surface area (Å²) in [6.07, 6.45) is 0.865. The van der Waals surface area contributed by atoms with Crippen LogP contribution in [0, 0.1) is 11.3 Å². The van der Waals surface area contributed by atoms with E-state index in [9.17, 15) is 9.59 Å². The molecule has 1 aromatic rings. The number of esters is 1. The highest BCUT2D eigenvalue weighted by Crippen LogP contribution is 2.07. The monoisotopic (exact) mass is 246 g/mol. The molecule has 0 aliphatic carbocycles. The zero-order chi connectivity index (χ0) is 13.4. The largest absolute Gasteiger partial charge is 0.462 e. The summed E-state index contributed by atoms with van der Waals surface area (Å²) in [6, 6.07) is 8.73. The third kappa shape index (κ3) is 4.66. The predicted octanol–water partition coefficient (Wildman–Crippen LogP) is 1.17. The summed E-state index contributed by atoms with van der Waals surface area (Å²) in [5.41, 5.74) is 6.14. The first-order valence-corrected chi connectivity index (χ1v) is 5.55. The van der Waals surface area contributed by atoms with Gasteiger partial charge in [0.15, 0.2) is 0 Å². The summed E-state index contributed by atoms with van der Waals surface area (Å²) in [4.78, 5) is 22.1. The second-order valence-electron chi connectivity index (χ2n) is 3.74.